The molecule has 21 heavy (non-hydrogen) atoms. The van der Waals surface area contributed by atoms with E-state index >= 15 is 0 Å². The molecule has 2 rings (SSSR count). The number of aryl methyl sites for hydroxylation is 2. The van der Waals surface area contributed by atoms with Crippen LogP contribution in [0.3, 0.4) is 0 Å². The summed E-state index contributed by atoms with van der Waals surface area (Å²) in [4.78, 5) is 11.9. The van der Waals surface area contributed by atoms with Crippen molar-refractivity contribution in [2.75, 3.05) is 17.2 Å². The predicted octanol–water partition coefficient (Wildman–Crippen LogP) is 4.66. The Morgan fingerprint density at radius 1 is 1.05 bits per heavy atom. The Balaban J connectivity index is 1.94. The Labute approximate surface area is 134 Å². The number of carbonyl (C=O) groups excluding carboxylic acids is 1. The lowest BCUT2D eigenvalue weighted by molar-refractivity contribution is -0.114. The minimum absolute atomic E-state index is 0.128. The van der Waals surface area contributed by atoms with Crippen molar-refractivity contribution in [3.63, 3.8) is 0 Å². The van der Waals surface area contributed by atoms with Gasteiger partial charge in [-0.05, 0) is 55.3 Å². The van der Waals surface area contributed by atoms with E-state index in [1.165, 1.54) is 0 Å². The molecule has 0 saturated heterocycles. The normalized spacial score (nSPS) is 10.3. The van der Waals surface area contributed by atoms with Crippen molar-refractivity contribution in [3.8, 4) is 0 Å². The van der Waals surface area contributed by atoms with Gasteiger partial charge in [-0.1, -0.05) is 29.3 Å². The molecule has 0 bridgehead atoms. The summed E-state index contributed by atoms with van der Waals surface area (Å²) in [6.45, 7) is 4.00. The van der Waals surface area contributed by atoms with Crippen molar-refractivity contribution in [1.82, 2.24) is 0 Å². The highest BCUT2D eigenvalue weighted by Gasteiger charge is 2.05. The topological polar surface area (TPSA) is 41.1 Å². The van der Waals surface area contributed by atoms with Crippen LogP contribution >= 0.6 is 23.2 Å². The second-order valence-electron chi connectivity index (χ2n) is 4.82. The molecule has 0 unspecified atom stereocenters. The van der Waals surface area contributed by atoms with E-state index in [0.717, 1.165) is 22.5 Å². The van der Waals surface area contributed by atoms with Crippen LogP contribution in [-0.2, 0) is 4.79 Å². The molecule has 2 aromatic carbocycles. The van der Waals surface area contributed by atoms with Crippen molar-refractivity contribution in [2.45, 2.75) is 13.8 Å². The van der Waals surface area contributed by atoms with Crippen molar-refractivity contribution in [1.29, 1.82) is 0 Å². The Morgan fingerprint density at radius 2 is 1.81 bits per heavy atom. The van der Waals surface area contributed by atoms with E-state index in [4.69, 9.17) is 23.2 Å². The van der Waals surface area contributed by atoms with Crippen molar-refractivity contribution >= 4 is 40.5 Å². The van der Waals surface area contributed by atoms with Crippen LogP contribution in [-0.4, -0.2) is 12.5 Å². The Kier molecular flexibility index (Phi) is 5.10. The minimum atomic E-state index is -0.128. The summed E-state index contributed by atoms with van der Waals surface area (Å²) in [6.07, 6.45) is 0. The average Bonchev–Trinajstić information content (AvgIpc) is 2.43. The monoisotopic (exact) mass is 322 g/mol. The van der Waals surface area contributed by atoms with Crippen LogP contribution in [0.2, 0.25) is 10.0 Å². The van der Waals surface area contributed by atoms with Gasteiger partial charge in [0.1, 0.15) is 0 Å². The van der Waals surface area contributed by atoms with Crippen LogP contribution in [0.15, 0.2) is 36.4 Å². The molecular weight excluding hydrogens is 307 g/mol. The van der Waals surface area contributed by atoms with Crippen LogP contribution in [0.1, 0.15) is 11.1 Å². The van der Waals surface area contributed by atoms with Gasteiger partial charge in [-0.2, -0.15) is 0 Å². The second kappa shape index (κ2) is 6.83. The molecule has 0 spiro atoms. The van der Waals surface area contributed by atoms with E-state index in [2.05, 4.69) is 10.6 Å². The summed E-state index contributed by atoms with van der Waals surface area (Å²) >= 11 is 11.9. The predicted molar refractivity (Wildman–Crippen MR) is 89.5 cm³/mol. The van der Waals surface area contributed by atoms with E-state index in [9.17, 15) is 4.79 Å². The lowest BCUT2D eigenvalue weighted by atomic mass is 10.2. The molecular formula is C16H16Cl2N2O. The number of rotatable bonds is 4. The fourth-order valence-electron chi connectivity index (χ4n) is 1.85. The van der Waals surface area contributed by atoms with E-state index in [1.807, 2.05) is 32.0 Å². The zero-order chi connectivity index (χ0) is 15.4. The molecule has 0 aromatic heterocycles. The highest BCUT2D eigenvalue weighted by molar-refractivity contribution is 6.31. The first-order valence-corrected chi connectivity index (χ1v) is 7.27. The molecule has 1 amide bonds. The average molecular weight is 323 g/mol. The van der Waals surface area contributed by atoms with Gasteiger partial charge in [-0.15, -0.1) is 0 Å². The Morgan fingerprint density at radius 3 is 2.48 bits per heavy atom. The van der Waals surface area contributed by atoms with Crippen LogP contribution < -0.4 is 10.6 Å². The highest BCUT2D eigenvalue weighted by atomic mass is 35.5. The molecule has 5 heteroatoms. The van der Waals surface area contributed by atoms with Crippen LogP contribution in [0.4, 0.5) is 11.4 Å². The van der Waals surface area contributed by atoms with Gasteiger partial charge in [-0.25, -0.2) is 0 Å². The maximum atomic E-state index is 11.9. The molecule has 0 aliphatic rings. The van der Waals surface area contributed by atoms with Crippen LogP contribution in [0.5, 0.6) is 0 Å². The third-order valence-electron chi connectivity index (χ3n) is 3.09. The quantitative estimate of drug-likeness (QED) is 0.859. The number of hydrogen-bond donors (Lipinski definition) is 2. The third kappa shape index (κ3) is 4.38. The van der Waals surface area contributed by atoms with Gasteiger partial charge >= 0.3 is 0 Å². The number of halogens is 2. The standard InChI is InChI=1S/C16H16Cl2N2O/c1-10-3-5-13(8-14(10)18)19-9-16(21)20-15-6-4-12(17)7-11(15)2/h3-8,19H,9H2,1-2H3,(H,20,21). The van der Waals surface area contributed by atoms with Gasteiger partial charge in [-0.3, -0.25) is 4.79 Å². The summed E-state index contributed by atoms with van der Waals surface area (Å²) in [5.74, 6) is -0.128. The number of nitrogens with one attached hydrogen (secondary N) is 2. The molecule has 110 valence electrons. The fraction of sp³-hybridized carbons (Fsp3) is 0.188. The van der Waals surface area contributed by atoms with Gasteiger partial charge < -0.3 is 10.6 Å². The Bertz CT molecular complexity index is 671. The maximum Gasteiger partial charge on any atom is 0.243 e. The van der Waals surface area contributed by atoms with E-state index in [1.54, 1.807) is 18.2 Å². The smallest absolute Gasteiger partial charge is 0.243 e. The molecule has 0 heterocycles. The van der Waals surface area contributed by atoms with Gasteiger partial charge in [0.2, 0.25) is 5.91 Å². The van der Waals surface area contributed by atoms with Crippen LogP contribution in [0.25, 0.3) is 0 Å². The minimum Gasteiger partial charge on any atom is -0.376 e. The zero-order valence-corrected chi connectivity index (χ0v) is 13.3. The zero-order valence-electron chi connectivity index (χ0n) is 11.8. The van der Waals surface area contributed by atoms with Gasteiger partial charge in [0.05, 0.1) is 6.54 Å². The first-order chi connectivity index (χ1) is 9.95. The first kappa shape index (κ1) is 15.7. The van der Waals surface area contributed by atoms with Crippen molar-refractivity contribution in [2.24, 2.45) is 0 Å². The molecule has 2 N–H and O–H groups in total. The number of amides is 1. The Hall–Kier alpha value is -1.71. The number of hydrogen-bond acceptors (Lipinski definition) is 2. The molecule has 3 nitrogen and oxygen atoms in total. The van der Waals surface area contributed by atoms with Gasteiger partial charge in [0, 0.05) is 21.4 Å². The number of benzene rings is 2. The first-order valence-electron chi connectivity index (χ1n) is 6.52. The third-order valence-corrected chi connectivity index (χ3v) is 3.73. The lowest BCUT2D eigenvalue weighted by Crippen LogP contribution is -2.22. The van der Waals surface area contributed by atoms with Crippen LogP contribution in [0, 0.1) is 13.8 Å². The van der Waals surface area contributed by atoms with Gasteiger partial charge in [0.15, 0.2) is 0 Å². The molecule has 0 aliphatic heterocycles. The lowest BCUT2D eigenvalue weighted by Gasteiger charge is -2.10. The molecule has 0 atom stereocenters. The highest BCUT2D eigenvalue weighted by Crippen LogP contribution is 2.21. The largest absolute Gasteiger partial charge is 0.376 e. The molecule has 0 aliphatic carbocycles. The summed E-state index contributed by atoms with van der Waals surface area (Å²) in [5.41, 5.74) is 3.50. The second-order valence-corrected chi connectivity index (χ2v) is 5.67. The van der Waals surface area contributed by atoms with E-state index in [-0.39, 0.29) is 12.5 Å². The fourth-order valence-corrected chi connectivity index (χ4v) is 2.25. The summed E-state index contributed by atoms with van der Waals surface area (Å²) in [6, 6.07) is 11.0. The molecule has 0 saturated carbocycles. The van der Waals surface area contributed by atoms with Crippen molar-refractivity contribution in [3.05, 3.63) is 57.6 Å². The molecule has 0 radical (unpaired) electrons. The van der Waals surface area contributed by atoms with E-state index in [0.29, 0.717) is 10.0 Å². The maximum absolute atomic E-state index is 11.9. The summed E-state index contributed by atoms with van der Waals surface area (Å²) < 4.78 is 0. The number of carbonyl (C=O) groups is 1. The summed E-state index contributed by atoms with van der Waals surface area (Å²) in [5, 5.41) is 7.21. The van der Waals surface area contributed by atoms with Crippen molar-refractivity contribution < 1.29 is 4.79 Å². The summed E-state index contributed by atoms with van der Waals surface area (Å²) in [7, 11) is 0. The molecule has 2 aromatic rings. The number of anilines is 2. The molecule has 0 fully saturated rings. The van der Waals surface area contributed by atoms with E-state index < -0.39 is 0 Å². The van der Waals surface area contributed by atoms with Gasteiger partial charge in [0.25, 0.3) is 0 Å². The SMILES string of the molecule is Cc1ccc(NCC(=O)Nc2ccc(Cl)cc2C)cc1Cl.